The average Bonchev–Trinajstić information content (AvgIpc) is 3.13. The van der Waals surface area contributed by atoms with Gasteiger partial charge in [-0.2, -0.15) is 5.10 Å². The molecule has 8 heteroatoms. The fourth-order valence-corrected chi connectivity index (χ4v) is 3.95. The first-order valence-corrected chi connectivity index (χ1v) is 9.40. The van der Waals surface area contributed by atoms with Crippen molar-refractivity contribution in [2.45, 2.75) is 17.0 Å². The highest BCUT2D eigenvalue weighted by molar-refractivity contribution is 7.99. The quantitative estimate of drug-likeness (QED) is 0.493. The smallest absolute Gasteiger partial charge is 0.195 e. The minimum absolute atomic E-state index is 0.408. The Hall–Kier alpha value is -3.26. The molecule has 0 aliphatic heterocycles. The lowest BCUT2D eigenvalue weighted by Gasteiger charge is -2.12. The first-order valence-electron chi connectivity index (χ1n) is 8.58. The molecule has 3 N–H and O–H groups in total. The molecule has 0 atom stereocenters. The van der Waals surface area contributed by atoms with Crippen molar-refractivity contribution >= 4 is 28.5 Å². The maximum atomic E-state index is 6.32. The molecule has 0 radical (unpaired) electrons. The van der Waals surface area contributed by atoms with Crippen molar-refractivity contribution < 1.29 is 9.47 Å². The highest BCUT2D eigenvalue weighted by Crippen LogP contribution is 2.40. The van der Waals surface area contributed by atoms with Crippen molar-refractivity contribution in [3.8, 4) is 22.8 Å². The van der Waals surface area contributed by atoms with Crippen LogP contribution in [0.2, 0.25) is 0 Å². The van der Waals surface area contributed by atoms with E-state index in [-0.39, 0.29) is 0 Å². The monoisotopic (exact) mass is 393 g/mol. The first-order chi connectivity index (χ1) is 13.6. The van der Waals surface area contributed by atoms with Gasteiger partial charge in [0, 0.05) is 11.3 Å². The second-order valence-corrected chi connectivity index (χ2v) is 7.13. The van der Waals surface area contributed by atoms with E-state index in [1.165, 1.54) is 11.8 Å². The second-order valence-electron chi connectivity index (χ2n) is 6.12. The standard InChI is InChI=1S/C20H19N5O2S/c1-11-10-14(25-24-11)12-6-4-7-13-17(12)19(21)23-20(22-13)28-16-9-5-8-15(26-2)18(16)27-3/h4-10H,1-3H3,(H,24,25)(H2,21,22,23). The van der Waals surface area contributed by atoms with Gasteiger partial charge in [0.25, 0.3) is 0 Å². The Balaban J connectivity index is 1.79. The van der Waals surface area contributed by atoms with Crippen molar-refractivity contribution in [1.29, 1.82) is 0 Å². The third-order valence-corrected chi connectivity index (χ3v) is 5.19. The van der Waals surface area contributed by atoms with E-state index in [0.717, 1.165) is 32.7 Å². The Bertz CT molecular complexity index is 1160. The van der Waals surface area contributed by atoms with Crippen LogP contribution in [0.3, 0.4) is 0 Å². The van der Waals surface area contributed by atoms with Crippen molar-refractivity contribution in [3.63, 3.8) is 0 Å². The third-order valence-electron chi connectivity index (χ3n) is 4.28. The number of rotatable bonds is 5. The number of aromatic amines is 1. The number of hydrogen-bond acceptors (Lipinski definition) is 7. The van der Waals surface area contributed by atoms with Crippen molar-refractivity contribution in [1.82, 2.24) is 20.2 Å². The molecule has 2 aromatic carbocycles. The van der Waals surface area contributed by atoms with Gasteiger partial charge >= 0.3 is 0 Å². The number of H-pyrrole nitrogens is 1. The lowest BCUT2D eigenvalue weighted by molar-refractivity contribution is 0.348. The normalized spacial score (nSPS) is 11.0. The number of hydrogen-bond donors (Lipinski definition) is 2. The Labute approximate surface area is 166 Å². The maximum Gasteiger partial charge on any atom is 0.195 e. The number of ether oxygens (including phenoxy) is 2. The molecule has 0 unspecified atom stereocenters. The minimum Gasteiger partial charge on any atom is -0.493 e. The fraction of sp³-hybridized carbons (Fsp3) is 0.150. The number of nitrogens with two attached hydrogens (primary N) is 1. The Kier molecular flexibility index (Phi) is 4.79. The van der Waals surface area contributed by atoms with E-state index in [4.69, 9.17) is 20.2 Å². The van der Waals surface area contributed by atoms with Gasteiger partial charge in [-0.05, 0) is 43.0 Å². The van der Waals surface area contributed by atoms with Gasteiger partial charge in [-0.3, -0.25) is 5.10 Å². The summed E-state index contributed by atoms with van der Waals surface area (Å²) in [5.41, 5.74) is 9.77. The number of fused-ring (bicyclic) bond motifs is 1. The first kappa shape index (κ1) is 18.1. The maximum absolute atomic E-state index is 6.32. The van der Waals surface area contributed by atoms with E-state index in [9.17, 15) is 0 Å². The Morgan fingerprint density at radius 2 is 1.86 bits per heavy atom. The fourth-order valence-electron chi connectivity index (χ4n) is 3.04. The SMILES string of the molecule is COc1cccc(Sc2nc(N)c3c(-c4cc(C)[nH]n4)cccc3n2)c1OC. The van der Waals surface area contributed by atoms with Crippen LogP contribution in [0.5, 0.6) is 11.5 Å². The van der Waals surface area contributed by atoms with Crippen LogP contribution in [-0.4, -0.2) is 34.4 Å². The highest BCUT2D eigenvalue weighted by atomic mass is 32.2. The summed E-state index contributed by atoms with van der Waals surface area (Å²) in [6.07, 6.45) is 0. The summed E-state index contributed by atoms with van der Waals surface area (Å²) < 4.78 is 10.9. The average molecular weight is 393 g/mol. The molecule has 0 saturated carbocycles. The second kappa shape index (κ2) is 7.40. The van der Waals surface area contributed by atoms with Gasteiger partial charge in [-0.25, -0.2) is 9.97 Å². The van der Waals surface area contributed by atoms with Gasteiger partial charge in [0.15, 0.2) is 16.7 Å². The molecule has 2 aromatic heterocycles. The van der Waals surface area contributed by atoms with Crippen LogP contribution >= 0.6 is 11.8 Å². The minimum atomic E-state index is 0.408. The van der Waals surface area contributed by atoms with Gasteiger partial charge in [0.2, 0.25) is 0 Å². The van der Waals surface area contributed by atoms with Crippen molar-refractivity contribution in [2.24, 2.45) is 0 Å². The molecule has 0 bridgehead atoms. The van der Waals surface area contributed by atoms with Crippen molar-refractivity contribution in [2.75, 3.05) is 20.0 Å². The van der Waals surface area contributed by atoms with Gasteiger partial charge in [-0.15, -0.1) is 0 Å². The third kappa shape index (κ3) is 3.22. The van der Waals surface area contributed by atoms with Crippen molar-refractivity contribution in [3.05, 3.63) is 48.2 Å². The lowest BCUT2D eigenvalue weighted by Crippen LogP contribution is -1.99. The van der Waals surface area contributed by atoms with E-state index >= 15 is 0 Å². The molecule has 2 heterocycles. The number of para-hydroxylation sites is 1. The molecule has 7 nitrogen and oxygen atoms in total. The van der Waals surface area contributed by atoms with Crippen LogP contribution in [-0.2, 0) is 0 Å². The molecule has 0 amide bonds. The number of aryl methyl sites for hydroxylation is 1. The van der Waals surface area contributed by atoms with Gasteiger partial charge in [-0.1, -0.05) is 18.2 Å². The molecular formula is C20H19N5O2S. The van der Waals surface area contributed by atoms with Gasteiger partial charge in [0.1, 0.15) is 5.82 Å². The summed E-state index contributed by atoms with van der Waals surface area (Å²) >= 11 is 1.37. The number of methoxy groups -OCH3 is 2. The molecule has 0 spiro atoms. The van der Waals surface area contributed by atoms with Crippen LogP contribution in [0, 0.1) is 6.92 Å². The Morgan fingerprint density at radius 3 is 2.57 bits per heavy atom. The van der Waals surface area contributed by atoms with Crippen LogP contribution in [0.1, 0.15) is 5.69 Å². The zero-order chi connectivity index (χ0) is 19.7. The predicted octanol–water partition coefficient (Wildman–Crippen LogP) is 4.08. The molecule has 28 heavy (non-hydrogen) atoms. The Morgan fingerprint density at radius 1 is 1.04 bits per heavy atom. The van der Waals surface area contributed by atoms with E-state index in [1.807, 2.05) is 49.4 Å². The summed E-state index contributed by atoms with van der Waals surface area (Å²) in [7, 11) is 3.21. The summed E-state index contributed by atoms with van der Waals surface area (Å²) in [4.78, 5) is 10.1. The van der Waals surface area contributed by atoms with E-state index in [0.29, 0.717) is 22.5 Å². The number of aromatic nitrogens is 4. The van der Waals surface area contributed by atoms with Crippen LogP contribution < -0.4 is 15.2 Å². The predicted molar refractivity (Wildman–Crippen MR) is 110 cm³/mol. The topological polar surface area (TPSA) is 98.9 Å². The number of nitrogen functional groups attached to an aromatic ring is 1. The zero-order valence-electron chi connectivity index (χ0n) is 15.7. The lowest BCUT2D eigenvalue weighted by atomic mass is 10.1. The zero-order valence-corrected chi connectivity index (χ0v) is 16.5. The molecule has 0 aliphatic rings. The van der Waals surface area contributed by atoms with E-state index in [1.54, 1.807) is 14.2 Å². The number of nitrogens with zero attached hydrogens (tertiary/aromatic N) is 3. The molecule has 4 rings (SSSR count). The molecule has 142 valence electrons. The number of anilines is 1. The summed E-state index contributed by atoms with van der Waals surface area (Å²) in [5.74, 6) is 1.70. The number of benzene rings is 2. The summed E-state index contributed by atoms with van der Waals surface area (Å²) in [6.45, 7) is 1.96. The highest BCUT2D eigenvalue weighted by Gasteiger charge is 2.16. The summed E-state index contributed by atoms with van der Waals surface area (Å²) in [6, 6.07) is 13.5. The largest absolute Gasteiger partial charge is 0.493 e. The van der Waals surface area contributed by atoms with E-state index in [2.05, 4.69) is 15.2 Å². The molecule has 4 aromatic rings. The van der Waals surface area contributed by atoms with Crippen LogP contribution in [0.4, 0.5) is 5.82 Å². The van der Waals surface area contributed by atoms with E-state index < -0.39 is 0 Å². The van der Waals surface area contributed by atoms with Gasteiger partial charge < -0.3 is 15.2 Å². The molecule has 0 aliphatic carbocycles. The van der Waals surface area contributed by atoms with Crippen LogP contribution in [0.25, 0.3) is 22.2 Å². The molecular weight excluding hydrogens is 374 g/mol. The summed E-state index contributed by atoms with van der Waals surface area (Å²) in [5, 5.41) is 8.62. The van der Waals surface area contributed by atoms with Gasteiger partial charge in [0.05, 0.1) is 35.7 Å². The molecule has 0 saturated heterocycles. The molecule has 0 fully saturated rings. The number of nitrogens with one attached hydrogen (secondary N) is 1. The van der Waals surface area contributed by atoms with Crippen LogP contribution in [0.15, 0.2) is 52.5 Å².